The second kappa shape index (κ2) is 5.68. The molecule has 1 N–H and O–H groups in total. The lowest BCUT2D eigenvalue weighted by Gasteiger charge is -2.41. The number of aliphatic hydroxyl groups is 1. The minimum absolute atomic E-state index is 0.00565. The van der Waals surface area contributed by atoms with Crippen LogP contribution in [0, 0.1) is 16.7 Å². The average molecular weight is 292 g/mol. The van der Waals surface area contributed by atoms with Crippen LogP contribution in [0.3, 0.4) is 0 Å². The number of Topliss-reactive ketones (excluding diaryl/α,β-unsaturated/α-hetero) is 2. The maximum Gasteiger partial charge on any atom is 0.172 e. The molecule has 21 heavy (non-hydrogen) atoms. The van der Waals surface area contributed by atoms with Crippen LogP contribution in [-0.2, 0) is 9.59 Å². The fourth-order valence-corrected chi connectivity index (χ4v) is 3.99. The summed E-state index contributed by atoms with van der Waals surface area (Å²) in [4.78, 5) is 25.6. The van der Waals surface area contributed by atoms with Gasteiger partial charge in [-0.3, -0.25) is 9.59 Å². The van der Waals surface area contributed by atoms with Gasteiger partial charge < -0.3 is 5.11 Å². The fourth-order valence-electron chi connectivity index (χ4n) is 3.99. The van der Waals surface area contributed by atoms with Crippen LogP contribution in [0.5, 0.6) is 0 Å². The lowest BCUT2D eigenvalue weighted by Crippen LogP contribution is -2.45. The third-order valence-corrected chi connectivity index (χ3v) is 5.65. The van der Waals surface area contributed by atoms with Crippen molar-refractivity contribution in [1.82, 2.24) is 0 Å². The number of carbonyl (C=O) groups excluding carboxylic acids is 2. The Hall–Kier alpha value is -0.960. The molecule has 0 radical (unpaired) electrons. The molecule has 0 amide bonds. The Balaban J connectivity index is 2.37. The molecular weight excluding hydrogens is 264 g/mol. The van der Waals surface area contributed by atoms with Gasteiger partial charge in [0.2, 0.25) is 0 Å². The van der Waals surface area contributed by atoms with Gasteiger partial charge in [-0.2, -0.15) is 0 Å². The number of ketones is 2. The van der Waals surface area contributed by atoms with Crippen LogP contribution in [0.2, 0.25) is 0 Å². The van der Waals surface area contributed by atoms with E-state index in [1.54, 1.807) is 0 Å². The van der Waals surface area contributed by atoms with E-state index in [2.05, 4.69) is 20.8 Å². The summed E-state index contributed by atoms with van der Waals surface area (Å²) in [5.74, 6) is 0.451. The lowest BCUT2D eigenvalue weighted by molar-refractivity contribution is -0.141. The molecule has 3 heteroatoms. The summed E-state index contributed by atoms with van der Waals surface area (Å²) in [6.45, 7) is 8.29. The van der Waals surface area contributed by atoms with Gasteiger partial charge in [0.1, 0.15) is 5.78 Å². The predicted octanol–water partition coefficient (Wildman–Crippen LogP) is 3.45. The largest absolute Gasteiger partial charge is 0.396 e. The Kier molecular flexibility index (Phi) is 4.44. The third kappa shape index (κ3) is 2.61. The van der Waals surface area contributed by atoms with Gasteiger partial charge in [-0.25, -0.2) is 0 Å². The van der Waals surface area contributed by atoms with E-state index in [1.165, 1.54) is 5.57 Å². The van der Waals surface area contributed by atoms with Gasteiger partial charge in [0.15, 0.2) is 5.78 Å². The monoisotopic (exact) mass is 292 g/mol. The predicted molar refractivity (Wildman–Crippen MR) is 82.9 cm³/mol. The molecule has 0 spiro atoms. The Morgan fingerprint density at radius 3 is 2.48 bits per heavy atom. The van der Waals surface area contributed by atoms with Crippen LogP contribution in [0.15, 0.2) is 11.1 Å². The van der Waals surface area contributed by atoms with Crippen molar-refractivity contribution in [3.63, 3.8) is 0 Å². The molecule has 0 aromatic heterocycles. The van der Waals surface area contributed by atoms with Crippen LogP contribution in [-0.4, -0.2) is 23.3 Å². The van der Waals surface area contributed by atoms with Crippen molar-refractivity contribution < 1.29 is 14.7 Å². The Morgan fingerprint density at radius 1 is 1.24 bits per heavy atom. The maximum absolute atomic E-state index is 13.1. The Bertz CT molecular complexity index is 489. The quantitative estimate of drug-likeness (QED) is 0.790. The Labute approximate surface area is 127 Å². The van der Waals surface area contributed by atoms with E-state index in [4.69, 9.17) is 5.11 Å². The lowest BCUT2D eigenvalue weighted by atomic mass is 9.60. The highest BCUT2D eigenvalue weighted by Crippen LogP contribution is 2.56. The van der Waals surface area contributed by atoms with Gasteiger partial charge in [-0.05, 0) is 50.4 Å². The van der Waals surface area contributed by atoms with Gasteiger partial charge in [0, 0.05) is 18.6 Å². The number of hydrogen-bond donors (Lipinski definition) is 1. The summed E-state index contributed by atoms with van der Waals surface area (Å²) in [5.41, 5.74) is 1.34. The molecule has 2 atom stereocenters. The molecule has 0 heterocycles. The molecule has 3 nitrogen and oxygen atoms in total. The number of rotatable bonds is 5. The zero-order valence-corrected chi connectivity index (χ0v) is 13.8. The van der Waals surface area contributed by atoms with Gasteiger partial charge in [0.05, 0.1) is 5.41 Å². The van der Waals surface area contributed by atoms with Crippen molar-refractivity contribution in [2.24, 2.45) is 16.7 Å². The first-order valence-electron chi connectivity index (χ1n) is 8.19. The highest BCUT2D eigenvalue weighted by molar-refractivity contribution is 6.15. The molecule has 0 aromatic rings. The standard InChI is InChI=1S/C18H28O3/c1-12(2)13-7-8-17(3)9-10-18(4,16(21)15(13)17)14(20)6-5-11-19/h12,19H,5-11H2,1-4H3/t17-,18-/m1/s1. The SMILES string of the molecule is CC(C)C1=C2C(=O)[C@@](C)(C(=O)CCCO)CC[C@@]2(C)CC1. The number of allylic oxidation sites excluding steroid dienone is 2. The molecule has 118 valence electrons. The molecule has 0 unspecified atom stereocenters. The first-order valence-corrected chi connectivity index (χ1v) is 8.19. The summed E-state index contributed by atoms with van der Waals surface area (Å²) < 4.78 is 0. The summed E-state index contributed by atoms with van der Waals surface area (Å²) >= 11 is 0. The second-order valence-electron chi connectivity index (χ2n) is 7.53. The van der Waals surface area contributed by atoms with Crippen molar-refractivity contribution in [3.8, 4) is 0 Å². The first kappa shape index (κ1) is 16.4. The summed E-state index contributed by atoms with van der Waals surface area (Å²) in [5, 5.41) is 8.92. The number of aliphatic hydroxyl groups excluding tert-OH is 1. The molecule has 0 aliphatic heterocycles. The van der Waals surface area contributed by atoms with E-state index in [0.29, 0.717) is 25.2 Å². The van der Waals surface area contributed by atoms with Gasteiger partial charge in [-0.15, -0.1) is 0 Å². The maximum atomic E-state index is 13.1. The zero-order chi connectivity index (χ0) is 15.8. The highest BCUT2D eigenvalue weighted by Gasteiger charge is 2.53. The smallest absolute Gasteiger partial charge is 0.172 e. The molecular formula is C18H28O3. The third-order valence-electron chi connectivity index (χ3n) is 5.65. The van der Waals surface area contributed by atoms with Crippen LogP contribution in [0.25, 0.3) is 0 Å². The minimum Gasteiger partial charge on any atom is -0.396 e. The molecule has 2 aliphatic carbocycles. The van der Waals surface area contributed by atoms with Crippen molar-refractivity contribution >= 4 is 11.6 Å². The van der Waals surface area contributed by atoms with Crippen LogP contribution in [0.1, 0.15) is 66.2 Å². The van der Waals surface area contributed by atoms with E-state index in [0.717, 1.165) is 24.8 Å². The zero-order valence-electron chi connectivity index (χ0n) is 13.8. The normalized spacial score (nSPS) is 32.8. The molecule has 1 saturated carbocycles. The number of carbonyl (C=O) groups is 2. The van der Waals surface area contributed by atoms with E-state index in [-0.39, 0.29) is 23.6 Å². The van der Waals surface area contributed by atoms with Gasteiger partial charge in [-0.1, -0.05) is 26.3 Å². The van der Waals surface area contributed by atoms with Crippen LogP contribution in [0.4, 0.5) is 0 Å². The molecule has 1 fully saturated rings. The van der Waals surface area contributed by atoms with Crippen LogP contribution >= 0.6 is 0 Å². The van der Waals surface area contributed by atoms with E-state index < -0.39 is 5.41 Å². The van der Waals surface area contributed by atoms with Crippen molar-refractivity contribution in [1.29, 1.82) is 0 Å². The molecule has 0 bridgehead atoms. The van der Waals surface area contributed by atoms with Gasteiger partial charge >= 0.3 is 0 Å². The van der Waals surface area contributed by atoms with Gasteiger partial charge in [0.25, 0.3) is 0 Å². The Morgan fingerprint density at radius 2 is 1.90 bits per heavy atom. The van der Waals surface area contributed by atoms with Crippen LogP contribution < -0.4 is 0 Å². The van der Waals surface area contributed by atoms with E-state index in [9.17, 15) is 9.59 Å². The molecule has 2 aliphatic rings. The van der Waals surface area contributed by atoms with E-state index in [1.807, 2.05) is 6.92 Å². The summed E-state index contributed by atoms with van der Waals surface area (Å²) in [6.07, 6.45) is 4.38. The fraction of sp³-hybridized carbons (Fsp3) is 0.778. The summed E-state index contributed by atoms with van der Waals surface area (Å²) in [6, 6.07) is 0. The summed E-state index contributed by atoms with van der Waals surface area (Å²) in [7, 11) is 0. The molecule has 0 saturated heterocycles. The van der Waals surface area contributed by atoms with Crippen molar-refractivity contribution in [2.45, 2.75) is 66.2 Å². The number of fused-ring (bicyclic) bond motifs is 1. The number of hydrogen-bond acceptors (Lipinski definition) is 3. The minimum atomic E-state index is -0.867. The second-order valence-corrected chi connectivity index (χ2v) is 7.53. The molecule has 0 aromatic carbocycles. The topological polar surface area (TPSA) is 54.4 Å². The molecule has 2 rings (SSSR count). The highest BCUT2D eigenvalue weighted by atomic mass is 16.3. The first-order chi connectivity index (χ1) is 9.76. The van der Waals surface area contributed by atoms with E-state index >= 15 is 0 Å². The van der Waals surface area contributed by atoms with Crippen molar-refractivity contribution in [2.75, 3.05) is 6.61 Å². The average Bonchev–Trinajstić information content (AvgIpc) is 2.79. The van der Waals surface area contributed by atoms with Crippen molar-refractivity contribution in [3.05, 3.63) is 11.1 Å².